The number of pyridine rings is 1. The molecule has 0 fully saturated rings. The Morgan fingerprint density at radius 1 is 0.786 bits per heavy atom. The van der Waals surface area contributed by atoms with E-state index in [9.17, 15) is 0 Å². The zero-order chi connectivity index (χ0) is 18.0. The van der Waals surface area contributed by atoms with E-state index in [1.807, 2.05) is 0 Å². The fourth-order valence-electron chi connectivity index (χ4n) is 5.84. The lowest BCUT2D eigenvalue weighted by Crippen LogP contribution is -2.52. The molecule has 3 nitrogen and oxygen atoms in total. The van der Waals surface area contributed by atoms with E-state index in [4.69, 9.17) is 0 Å². The number of rotatable bonds is 0. The van der Waals surface area contributed by atoms with Gasteiger partial charge in [0.2, 0.25) is 5.69 Å². The summed E-state index contributed by atoms with van der Waals surface area (Å²) >= 11 is 0. The first-order valence-electron chi connectivity index (χ1n) is 9.87. The summed E-state index contributed by atoms with van der Waals surface area (Å²) in [6.45, 7) is 1.15. The van der Waals surface area contributed by atoms with Crippen LogP contribution < -0.4 is 14.8 Å². The predicted octanol–water partition coefficient (Wildman–Crippen LogP) is 3.82. The normalized spacial score (nSPS) is 14.9. The van der Waals surface area contributed by atoms with Gasteiger partial charge in [-0.1, -0.05) is 48.5 Å². The fourth-order valence-corrected chi connectivity index (χ4v) is 5.84. The molecule has 0 bridgehead atoms. The second kappa shape index (κ2) is 4.31. The molecular weight excluding hydrogens is 341 g/mol. The van der Waals surface area contributed by atoms with Gasteiger partial charge in [0, 0.05) is 27.9 Å². The molecule has 128 valence electrons. The third kappa shape index (κ3) is 1.29. The molecule has 3 aromatic carbocycles. The van der Waals surface area contributed by atoms with Crippen LogP contribution in [0.1, 0.15) is 5.56 Å². The van der Waals surface area contributed by atoms with Crippen LogP contribution in [0.3, 0.4) is 0 Å². The molecule has 0 spiro atoms. The van der Waals surface area contributed by atoms with Gasteiger partial charge in [0.1, 0.15) is 5.69 Å². The molecule has 0 aliphatic carbocycles. The molecular formula is C24H15BN3+. The molecule has 4 heteroatoms. The first-order valence-corrected chi connectivity index (χ1v) is 9.87. The van der Waals surface area contributed by atoms with Crippen LogP contribution in [0, 0.1) is 0 Å². The molecule has 0 radical (unpaired) electrons. The second-order valence-electron chi connectivity index (χ2n) is 8.06. The standard InChI is InChI=1S/C24H15BN3/c1-2-10-19-16(7-1)17-8-4-11-20-23(17)28(19)25-18-9-3-6-15-14-26-13-5-12-21(27(20)25)24(26)22(15)18/h1-13H,14H2/q+1. The molecule has 0 amide bonds. The van der Waals surface area contributed by atoms with E-state index in [2.05, 4.69) is 92.8 Å². The van der Waals surface area contributed by atoms with Crippen molar-refractivity contribution in [3.63, 3.8) is 0 Å². The number of fused-ring (bicyclic) bond motifs is 8. The van der Waals surface area contributed by atoms with Crippen LogP contribution in [-0.4, -0.2) is 11.5 Å². The lowest BCUT2D eigenvalue weighted by molar-refractivity contribution is -0.671. The van der Waals surface area contributed by atoms with Gasteiger partial charge < -0.3 is 9.29 Å². The molecule has 0 N–H and O–H groups in total. The summed E-state index contributed by atoms with van der Waals surface area (Å²) in [5.41, 5.74) is 11.0. The molecule has 0 atom stereocenters. The number of para-hydroxylation sites is 2. The summed E-state index contributed by atoms with van der Waals surface area (Å²) in [6, 6.07) is 26.9. The van der Waals surface area contributed by atoms with Gasteiger partial charge in [-0.15, -0.1) is 0 Å². The Bertz CT molecular complexity index is 1510. The number of benzene rings is 3. The van der Waals surface area contributed by atoms with E-state index >= 15 is 0 Å². The Labute approximate surface area is 162 Å². The molecule has 2 aromatic heterocycles. The number of nitrogens with zero attached hydrogens (tertiary/aromatic N) is 3. The Hall–Kier alpha value is -3.53. The zero-order valence-corrected chi connectivity index (χ0v) is 15.1. The Balaban J connectivity index is 1.62. The van der Waals surface area contributed by atoms with Crippen LogP contribution in [0.4, 0.5) is 11.4 Å². The van der Waals surface area contributed by atoms with Crippen molar-refractivity contribution in [3.8, 4) is 11.3 Å². The summed E-state index contributed by atoms with van der Waals surface area (Å²) in [4.78, 5) is 2.55. The average molecular weight is 356 g/mol. The summed E-state index contributed by atoms with van der Waals surface area (Å²) in [5, 5.41) is 2.70. The van der Waals surface area contributed by atoms with Crippen molar-refractivity contribution in [2.75, 3.05) is 4.81 Å². The molecule has 3 aliphatic heterocycles. The smallest absolute Gasteiger partial charge is 0.359 e. The monoisotopic (exact) mass is 356 g/mol. The first-order chi connectivity index (χ1) is 13.9. The summed E-state index contributed by atoms with van der Waals surface area (Å²) < 4.78 is 4.97. The predicted molar refractivity (Wildman–Crippen MR) is 114 cm³/mol. The first kappa shape index (κ1) is 13.6. The highest BCUT2D eigenvalue weighted by Gasteiger charge is 2.49. The van der Waals surface area contributed by atoms with Crippen molar-refractivity contribution in [1.29, 1.82) is 0 Å². The maximum absolute atomic E-state index is 2.56. The van der Waals surface area contributed by atoms with Crippen LogP contribution in [0.5, 0.6) is 0 Å². The highest BCUT2D eigenvalue weighted by atomic mass is 15.2. The summed E-state index contributed by atoms with van der Waals surface area (Å²) in [6.07, 6.45) is 2.22. The van der Waals surface area contributed by atoms with Crippen molar-refractivity contribution in [2.24, 2.45) is 0 Å². The van der Waals surface area contributed by atoms with E-state index in [1.165, 1.54) is 55.5 Å². The summed E-state index contributed by atoms with van der Waals surface area (Å²) in [7, 11) is 0. The van der Waals surface area contributed by atoms with Gasteiger partial charge in [0.25, 0.3) is 0 Å². The van der Waals surface area contributed by atoms with Crippen molar-refractivity contribution < 1.29 is 4.57 Å². The number of hydrogen-bond acceptors (Lipinski definition) is 1. The minimum Gasteiger partial charge on any atom is -0.359 e. The van der Waals surface area contributed by atoms with E-state index < -0.39 is 0 Å². The van der Waals surface area contributed by atoms with Gasteiger partial charge in [-0.2, -0.15) is 4.57 Å². The Morgan fingerprint density at radius 3 is 2.64 bits per heavy atom. The molecule has 0 saturated heterocycles. The van der Waals surface area contributed by atoms with Gasteiger partial charge in [-0.05, 0) is 23.7 Å². The number of anilines is 2. The molecule has 8 rings (SSSR count). The van der Waals surface area contributed by atoms with Crippen LogP contribution in [-0.2, 0) is 6.54 Å². The lowest BCUT2D eigenvalue weighted by atomic mass is 9.61. The molecule has 28 heavy (non-hydrogen) atoms. The molecule has 0 saturated carbocycles. The van der Waals surface area contributed by atoms with Gasteiger partial charge in [0.05, 0.1) is 16.8 Å². The number of aromatic nitrogens is 2. The lowest BCUT2D eigenvalue weighted by Gasteiger charge is -2.31. The highest BCUT2D eigenvalue weighted by molar-refractivity contribution is 6.82. The Kier molecular flexibility index (Phi) is 2.09. The van der Waals surface area contributed by atoms with Crippen LogP contribution in [0.15, 0.2) is 79.0 Å². The van der Waals surface area contributed by atoms with Crippen molar-refractivity contribution in [3.05, 3.63) is 84.6 Å². The van der Waals surface area contributed by atoms with Gasteiger partial charge in [0.15, 0.2) is 12.7 Å². The molecule has 5 heterocycles. The average Bonchev–Trinajstić information content (AvgIpc) is 3.40. The van der Waals surface area contributed by atoms with Gasteiger partial charge in [-0.25, -0.2) is 0 Å². The molecule has 3 aliphatic rings. The van der Waals surface area contributed by atoms with E-state index in [0.29, 0.717) is 0 Å². The van der Waals surface area contributed by atoms with Gasteiger partial charge >= 0.3 is 6.98 Å². The molecule has 5 aromatic rings. The quantitative estimate of drug-likeness (QED) is 0.298. The second-order valence-corrected chi connectivity index (χ2v) is 8.06. The third-order valence-electron chi connectivity index (χ3n) is 6.81. The van der Waals surface area contributed by atoms with Crippen molar-refractivity contribution >= 4 is 45.6 Å². The number of hydrogen-bond donors (Lipinski definition) is 0. The minimum atomic E-state index is 0.177. The zero-order valence-electron chi connectivity index (χ0n) is 15.1. The van der Waals surface area contributed by atoms with Gasteiger partial charge in [-0.3, -0.25) is 0 Å². The third-order valence-corrected chi connectivity index (χ3v) is 6.81. The SMILES string of the molecule is c1cc2c3c(c1)B1N(c4ccc[n+](c4-3)C2)c2cccc3c4ccccc4n1c23. The maximum Gasteiger partial charge on any atom is 0.421 e. The molecule has 0 unspecified atom stereocenters. The highest BCUT2D eigenvalue weighted by Crippen LogP contribution is 2.49. The van der Waals surface area contributed by atoms with E-state index in [1.54, 1.807) is 0 Å². The summed E-state index contributed by atoms with van der Waals surface area (Å²) in [5.74, 6) is 0. The van der Waals surface area contributed by atoms with Crippen LogP contribution >= 0.6 is 0 Å². The van der Waals surface area contributed by atoms with Crippen molar-refractivity contribution in [1.82, 2.24) is 4.48 Å². The van der Waals surface area contributed by atoms with E-state index in [0.717, 1.165) is 6.54 Å². The minimum absolute atomic E-state index is 0.177. The topological polar surface area (TPSA) is 12.1 Å². The van der Waals surface area contributed by atoms with Crippen molar-refractivity contribution in [2.45, 2.75) is 6.54 Å². The Morgan fingerprint density at radius 2 is 1.64 bits per heavy atom. The van der Waals surface area contributed by atoms with Crippen LogP contribution in [0.2, 0.25) is 0 Å². The maximum atomic E-state index is 2.56. The van der Waals surface area contributed by atoms with Crippen LogP contribution in [0.25, 0.3) is 33.1 Å². The largest absolute Gasteiger partial charge is 0.421 e. The fraction of sp³-hybridized carbons (Fsp3) is 0.0417. The van der Waals surface area contributed by atoms with E-state index in [-0.39, 0.29) is 6.98 Å².